The molecule has 2 aromatic rings. The summed E-state index contributed by atoms with van der Waals surface area (Å²) in [6, 6.07) is 11.7. The second-order valence-corrected chi connectivity index (χ2v) is 5.36. The number of nitrogens with one attached hydrogen (secondary N) is 1. The van der Waals surface area contributed by atoms with E-state index in [0.717, 1.165) is 22.7 Å². The molecule has 0 saturated carbocycles. The van der Waals surface area contributed by atoms with E-state index in [2.05, 4.69) is 16.0 Å². The maximum Gasteiger partial charge on any atom is 0.220 e. The molecule has 4 heteroatoms. The van der Waals surface area contributed by atoms with Crippen molar-refractivity contribution in [2.75, 3.05) is 0 Å². The molecule has 1 heterocycles. The molecule has 0 unspecified atom stereocenters. The third kappa shape index (κ3) is 3.87. The molecule has 0 aliphatic carbocycles. The van der Waals surface area contributed by atoms with Gasteiger partial charge in [0.05, 0.1) is 6.54 Å². The third-order valence-electron chi connectivity index (χ3n) is 3.50. The molecule has 106 valence electrons. The number of benzene rings is 1. The summed E-state index contributed by atoms with van der Waals surface area (Å²) in [5.74, 6) is 0.0683. The molecule has 0 radical (unpaired) electrons. The zero-order valence-electron chi connectivity index (χ0n) is 11.8. The molecule has 3 nitrogen and oxygen atoms in total. The van der Waals surface area contributed by atoms with E-state index < -0.39 is 0 Å². The molecule has 0 saturated heterocycles. The lowest BCUT2D eigenvalue weighted by atomic mass is 10.1. The lowest BCUT2D eigenvalue weighted by molar-refractivity contribution is -0.121. The van der Waals surface area contributed by atoms with E-state index in [4.69, 9.17) is 11.6 Å². The van der Waals surface area contributed by atoms with E-state index in [-0.39, 0.29) is 5.91 Å². The second kappa shape index (κ2) is 6.62. The predicted octanol–water partition coefficient (Wildman–Crippen LogP) is 3.24. The second-order valence-electron chi connectivity index (χ2n) is 4.93. The Bertz CT molecular complexity index is 587. The number of carbonyl (C=O) groups excluding carboxylic acids is 1. The van der Waals surface area contributed by atoms with Crippen LogP contribution in [0.2, 0.25) is 5.02 Å². The van der Waals surface area contributed by atoms with Gasteiger partial charge in [0.2, 0.25) is 5.91 Å². The smallest absolute Gasteiger partial charge is 0.220 e. The minimum atomic E-state index is 0.0683. The van der Waals surface area contributed by atoms with Crippen molar-refractivity contribution in [3.63, 3.8) is 0 Å². The van der Waals surface area contributed by atoms with E-state index in [0.29, 0.717) is 13.0 Å². The Balaban J connectivity index is 1.78. The van der Waals surface area contributed by atoms with E-state index in [9.17, 15) is 4.79 Å². The summed E-state index contributed by atoms with van der Waals surface area (Å²) in [5.41, 5.74) is 3.43. The van der Waals surface area contributed by atoms with Crippen molar-refractivity contribution < 1.29 is 4.79 Å². The van der Waals surface area contributed by atoms with Crippen molar-refractivity contribution in [3.05, 3.63) is 58.4 Å². The van der Waals surface area contributed by atoms with Crippen LogP contribution in [0.4, 0.5) is 0 Å². The summed E-state index contributed by atoms with van der Waals surface area (Å²) in [7, 11) is 2.00. The zero-order valence-corrected chi connectivity index (χ0v) is 12.6. The number of hydrogen-bond acceptors (Lipinski definition) is 1. The number of carbonyl (C=O) groups is 1. The Morgan fingerprint density at radius 3 is 2.50 bits per heavy atom. The molecule has 0 aliphatic heterocycles. The Labute approximate surface area is 124 Å². The van der Waals surface area contributed by atoms with Gasteiger partial charge in [-0.3, -0.25) is 4.79 Å². The lowest BCUT2D eigenvalue weighted by Gasteiger charge is -2.07. The number of aryl methyl sites for hydroxylation is 2. The Kier molecular flexibility index (Phi) is 4.85. The largest absolute Gasteiger partial charge is 0.351 e. The molecule has 1 N–H and O–H groups in total. The van der Waals surface area contributed by atoms with Gasteiger partial charge in [-0.1, -0.05) is 23.7 Å². The van der Waals surface area contributed by atoms with Crippen LogP contribution in [0.1, 0.15) is 23.4 Å². The molecule has 2 rings (SSSR count). The zero-order chi connectivity index (χ0) is 14.5. The standard InChI is InChI=1S/C16H19ClN2O/c1-12-3-9-15(19(12)2)11-18-16(20)10-6-13-4-7-14(17)8-5-13/h3-5,7-9H,6,10-11H2,1-2H3,(H,18,20). The van der Waals surface area contributed by atoms with Crippen molar-refractivity contribution in [2.45, 2.75) is 26.3 Å². The average Bonchev–Trinajstić information content (AvgIpc) is 2.76. The fraction of sp³-hybridized carbons (Fsp3) is 0.312. The Morgan fingerprint density at radius 2 is 1.90 bits per heavy atom. The van der Waals surface area contributed by atoms with Crippen molar-refractivity contribution in [3.8, 4) is 0 Å². The van der Waals surface area contributed by atoms with Gasteiger partial charge in [-0.15, -0.1) is 0 Å². The minimum Gasteiger partial charge on any atom is -0.351 e. The molecule has 1 amide bonds. The first-order chi connectivity index (χ1) is 9.56. The first kappa shape index (κ1) is 14.7. The van der Waals surface area contributed by atoms with Crippen LogP contribution in [0.15, 0.2) is 36.4 Å². The summed E-state index contributed by atoms with van der Waals surface area (Å²) >= 11 is 5.83. The summed E-state index contributed by atoms with van der Waals surface area (Å²) in [6.07, 6.45) is 1.22. The van der Waals surface area contributed by atoms with Crippen molar-refractivity contribution in [2.24, 2.45) is 7.05 Å². The Morgan fingerprint density at radius 1 is 1.20 bits per heavy atom. The lowest BCUT2D eigenvalue weighted by Crippen LogP contribution is -2.24. The van der Waals surface area contributed by atoms with E-state index in [1.807, 2.05) is 44.3 Å². The van der Waals surface area contributed by atoms with Crippen LogP contribution < -0.4 is 5.32 Å². The highest BCUT2D eigenvalue weighted by atomic mass is 35.5. The molecule has 0 fully saturated rings. The first-order valence-electron chi connectivity index (χ1n) is 6.68. The number of amides is 1. The normalized spacial score (nSPS) is 10.6. The molecular weight excluding hydrogens is 272 g/mol. The number of nitrogens with zero attached hydrogens (tertiary/aromatic N) is 1. The van der Waals surface area contributed by atoms with Gasteiger partial charge in [-0.25, -0.2) is 0 Å². The fourth-order valence-electron chi connectivity index (χ4n) is 2.03. The van der Waals surface area contributed by atoms with Crippen LogP contribution in [-0.4, -0.2) is 10.5 Å². The van der Waals surface area contributed by atoms with Crippen molar-refractivity contribution in [1.29, 1.82) is 0 Å². The quantitative estimate of drug-likeness (QED) is 0.901. The third-order valence-corrected chi connectivity index (χ3v) is 3.75. The van der Waals surface area contributed by atoms with Crippen molar-refractivity contribution >= 4 is 17.5 Å². The van der Waals surface area contributed by atoms with Crippen LogP contribution in [0.25, 0.3) is 0 Å². The topological polar surface area (TPSA) is 34.0 Å². The first-order valence-corrected chi connectivity index (χ1v) is 7.06. The molecule has 0 bridgehead atoms. The van der Waals surface area contributed by atoms with Gasteiger partial charge in [-0.05, 0) is 43.2 Å². The summed E-state index contributed by atoms with van der Waals surface area (Å²) < 4.78 is 2.08. The predicted molar refractivity (Wildman–Crippen MR) is 81.8 cm³/mol. The highest BCUT2D eigenvalue weighted by Crippen LogP contribution is 2.11. The van der Waals surface area contributed by atoms with Gasteiger partial charge in [0.15, 0.2) is 0 Å². The average molecular weight is 291 g/mol. The number of rotatable bonds is 5. The summed E-state index contributed by atoms with van der Waals surface area (Å²) in [4.78, 5) is 11.8. The van der Waals surface area contributed by atoms with Gasteiger partial charge >= 0.3 is 0 Å². The SMILES string of the molecule is Cc1ccc(CNC(=O)CCc2ccc(Cl)cc2)n1C. The highest BCUT2D eigenvalue weighted by molar-refractivity contribution is 6.30. The molecule has 1 aromatic carbocycles. The van der Waals surface area contributed by atoms with Crippen LogP contribution in [-0.2, 0) is 24.8 Å². The fourth-order valence-corrected chi connectivity index (χ4v) is 2.16. The molecule has 1 aromatic heterocycles. The van der Waals surface area contributed by atoms with Gasteiger partial charge in [0.1, 0.15) is 0 Å². The minimum absolute atomic E-state index is 0.0683. The maximum atomic E-state index is 11.8. The van der Waals surface area contributed by atoms with Gasteiger partial charge < -0.3 is 9.88 Å². The highest BCUT2D eigenvalue weighted by Gasteiger charge is 2.05. The van der Waals surface area contributed by atoms with Gasteiger partial charge in [0, 0.05) is 29.9 Å². The molecule has 20 heavy (non-hydrogen) atoms. The Hall–Kier alpha value is -1.74. The molecule has 0 atom stereocenters. The summed E-state index contributed by atoms with van der Waals surface area (Å²) in [6.45, 7) is 2.62. The van der Waals surface area contributed by atoms with Crippen LogP contribution in [0.3, 0.4) is 0 Å². The van der Waals surface area contributed by atoms with Crippen LogP contribution in [0, 0.1) is 6.92 Å². The number of halogens is 1. The van der Waals surface area contributed by atoms with Gasteiger partial charge in [0.25, 0.3) is 0 Å². The van der Waals surface area contributed by atoms with Gasteiger partial charge in [-0.2, -0.15) is 0 Å². The van der Waals surface area contributed by atoms with Crippen LogP contribution >= 0.6 is 11.6 Å². The number of hydrogen-bond donors (Lipinski definition) is 1. The van der Waals surface area contributed by atoms with E-state index >= 15 is 0 Å². The maximum absolute atomic E-state index is 11.8. The monoisotopic (exact) mass is 290 g/mol. The number of aromatic nitrogens is 1. The molecule has 0 aliphatic rings. The summed E-state index contributed by atoms with van der Waals surface area (Å²) in [5, 5.41) is 3.67. The van der Waals surface area contributed by atoms with Crippen molar-refractivity contribution in [1.82, 2.24) is 9.88 Å². The molecule has 0 spiro atoms. The molecular formula is C16H19ClN2O. The van der Waals surface area contributed by atoms with E-state index in [1.165, 1.54) is 5.69 Å². The van der Waals surface area contributed by atoms with E-state index in [1.54, 1.807) is 0 Å². The van der Waals surface area contributed by atoms with Crippen LogP contribution in [0.5, 0.6) is 0 Å².